The van der Waals surface area contributed by atoms with Crippen LogP contribution in [0.3, 0.4) is 0 Å². The van der Waals surface area contributed by atoms with E-state index in [2.05, 4.69) is 0 Å². The molecule has 0 radical (unpaired) electrons. The van der Waals surface area contributed by atoms with E-state index in [9.17, 15) is 18.0 Å². The molecule has 2 aliphatic heterocycles. The van der Waals surface area contributed by atoms with E-state index in [0.717, 1.165) is 0 Å². The number of nitrogens with zero attached hydrogens (tertiary/aromatic N) is 2. The maximum absolute atomic E-state index is 12.8. The molecule has 0 atom stereocenters. The fourth-order valence-electron chi connectivity index (χ4n) is 4.00. The zero-order chi connectivity index (χ0) is 21.0. The Hall–Kier alpha value is -2.13. The number of hydrogen-bond donors (Lipinski definition) is 0. The van der Waals surface area contributed by atoms with Crippen molar-refractivity contribution in [3.8, 4) is 5.75 Å². The minimum Gasteiger partial charge on any atom is -0.497 e. The highest BCUT2D eigenvalue weighted by atomic mass is 32.2. The number of hydrogen-bond acceptors (Lipinski definition) is 6. The van der Waals surface area contributed by atoms with Crippen LogP contribution in [0.15, 0.2) is 29.2 Å². The molecule has 1 amide bonds. The number of likely N-dealkylation sites (tertiary alicyclic amines) is 1. The molecule has 2 saturated heterocycles. The number of methoxy groups -OCH3 is 2. The highest BCUT2D eigenvalue weighted by molar-refractivity contribution is 7.89. The van der Waals surface area contributed by atoms with Gasteiger partial charge in [-0.3, -0.25) is 9.59 Å². The number of benzene rings is 1. The number of carbonyl (C=O) groups excluding carboxylic acids is 2. The summed E-state index contributed by atoms with van der Waals surface area (Å²) in [6.07, 6.45) is 2.24. The summed E-state index contributed by atoms with van der Waals surface area (Å²) in [7, 11) is -0.666. The van der Waals surface area contributed by atoms with Gasteiger partial charge in [0.1, 0.15) is 5.75 Å². The predicted octanol–water partition coefficient (Wildman–Crippen LogP) is 1.51. The Morgan fingerprint density at radius 2 is 1.45 bits per heavy atom. The average molecular weight is 425 g/mol. The van der Waals surface area contributed by atoms with Crippen molar-refractivity contribution in [3.05, 3.63) is 24.3 Å². The zero-order valence-electron chi connectivity index (χ0n) is 16.9. The van der Waals surface area contributed by atoms with Gasteiger partial charge in [-0.15, -0.1) is 0 Å². The molecule has 1 aromatic rings. The second-order valence-electron chi connectivity index (χ2n) is 7.48. The molecule has 2 heterocycles. The second-order valence-corrected chi connectivity index (χ2v) is 9.41. The largest absolute Gasteiger partial charge is 0.497 e. The quantitative estimate of drug-likeness (QED) is 0.665. The minimum absolute atomic E-state index is 0.0646. The summed E-state index contributed by atoms with van der Waals surface area (Å²) >= 11 is 0. The standard InChI is InChI=1S/C20H28N2O6S/c1-27-17-3-5-18(6-4-17)29(25,26)22-13-9-15(10-14-22)19(23)21-11-7-16(8-12-21)20(24)28-2/h3-6,15-16H,7-14H2,1-2H3. The Labute approximate surface area is 171 Å². The van der Waals surface area contributed by atoms with Crippen LogP contribution >= 0.6 is 0 Å². The van der Waals surface area contributed by atoms with E-state index >= 15 is 0 Å². The molecule has 2 fully saturated rings. The summed E-state index contributed by atoms with van der Waals surface area (Å²) in [6, 6.07) is 6.33. The highest BCUT2D eigenvalue weighted by Gasteiger charge is 2.35. The predicted molar refractivity (Wildman–Crippen MR) is 106 cm³/mol. The molecule has 9 heteroatoms. The van der Waals surface area contributed by atoms with Crippen LogP contribution in [-0.4, -0.2) is 69.9 Å². The number of sulfonamides is 1. The summed E-state index contributed by atoms with van der Waals surface area (Å²) in [5.74, 6) is 0.140. The molecule has 0 aliphatic carbocycles. The van der Waals surface area contributed by atoms with E-state index in [0.29, 0.717) is 57.6 Å². The van der Waals surface area contributed by atoms with Crippen molar-refractivity contribution in [1.29, 1.82) is 0 Å². The van der Waals surface area contributed by atoms with Crippen LogP contribution in [0.5, 0.6) is 5.75 Å². The molecule has 0 N–H and O–H groups in total. The number of ether oxygens (including phenoxy) is 2. The summed E-state index contributed by atoms with van der Waals surface area (Å²) in [4.78, 5) is 26.5. The Morgan fingerprint density at radius 1 is 0.897 bits per heavy atom. The van der Waals surface area contributed by atoms with Gasteiger partial charge in [0.2, 0.25) is 15.9 Å². The summed E-state index contributed by atoms with van der Waals surface area (Å²) in [5, 5.41) is 0. The molecule has 2 aliphatic rings. The van der Waals surface area contributed by atoms with Crippen molar-refractivity contribution in [2.24, 2.45) is 11.8 Å². The van der Waals surface area contributed by atoms with Gasteiger partial charge in [-0.25, -0.2) is 8.42 Å². The van der Waals surface area contributed by atoms with Crippen LogP contribution in [0.4, 0.5) is 0 Å². The zero-order valence-corrected chi connectivity index (χ0v) is 17.7. The average Bonchev–Trinajstić information content (AvgIpc) is 2.78. The maximum atomic E-state index is 12.8. The monoisotopic (exact) mass is 424 g/mol. The lowest BCUT2D eigenvalue weighted by atomic mass is 9.92. The highest BCUT2D eigenvalue weighted by Crippen LogP contribution is 2.28. The van der Waals surface area contributed by atoms with Crippen molar-refractivity contribution < 1.29 is 27.5 Å². The first-order valence-corrected chi connectivity index (χ1v) is 11.3. The van der Waals surface area contributed by atoms with Crippen LogP contribution in [0, 0.1) is 11.8 Å². The molecular weight excluding hydrogens is 396 g/mol. The number of carbonyl (C=O) groups is 2. The molecule has 3 rings (SSSR count). The summed E-state index contributed by atoms with van der Waals surface area (Å²) in [6.45, 7) is 1.73. The third-order valence-electron chi connectivity index (χ3n) is 5.84. The third-order valence-corrected chi connectivity index (χ3v) is 7.75. The lowest BCUT2D eigenvalue weighted by Gasteiger charge is -2.36. The third kappa shape index (κ3) is 4.72. The first-order valence-electron chi connectivity index (χ1n) is 9.87. The van der Waals surface area contributed by atoms with Crippen LogP contribution in [0.2, 0.25) is 0 Å². The van der Waals surface area contributed by atoms with Gasteiger partial charge in [-0.1, -0.05) is 0 Å². The number of amides is 1. The van der Waals surface area contributed by atoms with Crippen LogP contribution in [-0.2, 0) is 24.3 Å². The molecule has 0 unspecified atom stereocenters. The van der Waals surface area contributed by atoms with Gasteiger partial charge < -0.3 is 14.4 Å². The van der Waals surface area contributed by atoms with Crippen LogP contribution < -0.4 is 4.74 Å². The fourth-order valence-corrected chi connectivity index (χ4v) is 5.47. The molecule has 0 aromatic heterocycles. The smallest absolute Gasteiger partial charge is 0.308 e. The normalized spacial score (nSPS) is 19.7. The molecule has 1 aromatic carbocycles. The van der Waals surface area contributed by atoms with Crippen molar-refractivity contribution in [2.45, 2.75) is 30.6 Å². The molecule has 0 saturated carbocycles. The first kappa shape index (κ1) is 21.6. The van der Waals surface area contributed by atoms with Crippen molar-refractivity contribution in [3.63, 3.8) is 0 Å². The summed E-state index contributed by atoms with van der Waals surface area (Å²) in [5.41, 5.74) is 0. The van der Waals surface area contributed by atoms with E-state index < -0.39 is 10.0 Å². The van der Waals surface area contributed by atoms with Crippen molar-refractivity contribution in [2.75, 3.05) is 40.4 Å². The molecule has 29 heavy (non-hydrogen) atoms. The van der Waals surface area contributed by atoms with Gasteiger partial charge in [-0.2, -0.15) is 4.31 Å². The second kappa shape index (κ2) is 9.13. The van der Waals surface area contributed by atoms with Crippen molar-refractivity contribution in [1.82, 2.24) is 9.21 Å². The molecular formula is C20H28N2O6S. The summed E-state index contributed by atoms with van der Waals surface area (Å²) < 4.78 is 37.0. The fraction of sp³-hybridized carbons (Fsp3) is 0.600. The lowest BCUT2D eigenvalue weighted by Crippen LogP contribution is -2.47. The van der Waals surface area contributed by atoms with Crippen LogP contribution in [0.1, 0.15) is 25.7 Å². The minimum atomic E-state index is -3.58. The SMILES string of the molecule is COC(=O)C1CCN(C(=O)C2CCN(S(=O)(=O)c3ccc(OC)cc3)CC2)CC1. The van der Waals surface area contributed by atoms with Crippen molar-refractivity contribution >= 4 is 21.9 Å². The van der Waals surface area contributed by atoms with E-state index in [-0.39, 0.29) is 28.6 Å². The van der Waals surface area contributed by atoms with E-state index in [1.165, 1.54) is 30.7 Å². The molecule has 8 nitrogen and oxygen atoms in total. The molecule has 0 spiro atoms. The Kier molecular flexibility index (Phi) is 6.79. The van der Waals surface area contributed by atoms with Gasteiger partial charge in [0.15, 0.2) is 0 Å². The van der Waals surface area contributed by atoms with Gasteiger partial charge >= 0.3 is 5.97 Å². The topological polar surface area (TPSA) is 93.2 Å². The first-order chi connectivity index (χ1) is 13.9. The Bertz CT molecular complexity index is 823. The number of esters is 1. The Morgan fingerprint density at radius 3 is 1.97 bits per heavy atom. The van der Waals surface area contributed by atoms with Crippen LogP contribution in [0.25, 0.3) is 0 Å². The Balaban J connectivity index is 1.54. The van der Waals surface area contributed by atoms with Gasteiger partial charge in [0.05, 0.1) is 25.0 Å². The lowest BCUT2D eigenvalue weighted by molar-refractivity contribution is -0.149. The molecule has 0 bridgehead atoms. The van der Waals surface area contributed by atoms with Gasteiger partial charge in [0.25, 0.3) is 0 Å². The van der Waals surface area contributed by atoms with E-state index in [4.69, 9.17) is 9.47 Å². The van der Waals surface area contributed by atoms with Gasteiger partial charge in [-0.05, 0) is 49.9 Å². The number of piperidine rings is 2. The molecule has 160 valence electrons. The number of rotatable bonds is 5. The maximum Gasteiger partial charge on any atom is 0.308 e. The van der Waals surface area contributed by atoms with E-state index in [1.54, 1.807) is 17.0 Å². The van der Waals surface area contributed by atoms with Gasteiger partial charge in [0, 0.05) is 32.1 Å². The van der Waals surface area contributed by atoms with E-state index in [1.807, 2.05) is 0 Å².